The van der Waals surface area contributed by atoms with E-state index in [0.717, 1.165) is 12.1 Å². The van der Waals surface area contributed by atoms with Crippen molar-refractivity contribution in [3.05, 3.63) is 107 Å². The summed E-state index contributed by atoms with van der Waals surface area (Å²) in [6.07, 6.45) is 2.92. The number of carbonyl (C=O) groups is 1. The third kappa shape index (κ3) is 5.12. The van der Waals surface area contributed by atoms with E-state index in [-0.39, 0.29) is 22.6 Å². The number of ether oxygens (including phenoxy) is 3. The zero-order valence-electron chi connectivity index (χ0n) is 20.7. The second-order valence-corrected chi connectivity index (χ2v) is 8.34. The molecular formula is C29H21F2N3O5. The van der Waals surface area contributed by atoms with Crippen molar-refractivity contribution in [3.8, 4) is 34.1 Å². The monoisotopic (exact) mass is 529 g/mol. The van der Waals surface area contributed by atoms with Gasteiger partial charge in [-0.25, -0.2) is 8.78 Å². The molecule has 0 spiro atoms. The highest BCUT2D eigenvalue weighted by molar-refractivity contribution is 6.06. The van der Waals surface area contributed by atoms with Gasteiger partial charge in [-0.3, -0.25) is 14.6 Å². The Labute approximate surface area is 220 Å². The van der Waals surface area contributed by atoms with Gasteiger partial charge in [-0.05, 0) is 60.2 Å². The number of H-pyrrole nitrogens is 1. The standard InChI is InChI=1S/C29H21F2N3O5/c1-37-25-14-20-22(15-26(25)38-2)32-12-10-23(20)39-24-8-5-17(13-21(24)31)19-9-11-33-29(36)27(19)34-28(35)16-3-6-18(30)7-4-16/h3-15H,1-2H3,(H,33,36)(H,34,35). The van der Waals surface area contributed by atoms with Gasteiger partial charge in [0.15, 0.2) is 23.1 Å². The van der Waals surface area contributed by atoms with Crippen LogP contribution in [-0.4, -0.2) is 30.1 Å². The Hall–Kier alpha value is -5.25. The number of hydrogen-bond acceptors (Lipinski definition) is 6. The first-order chi connectivity index (χ1) is 18.9. The van der Waals surface area contributed by atoms with Gasteiger partial charge in [0.05, 0.1) is 19.7 Å². The first kappa shape index (κ1) is 25.4. The van der Waals surface area contributed by atoms with E-state index in [2.05, 4.69) is 15.3 Å². The number of rotatable bonds is 7. The number of aromatic nitrogens is 2. The molecule has 2 heterocycles. The highest BCUT2D eigenvalue weighted by Crippen LogP contribution is 2.38. The maximum Gasteiger partial charge on any atom is 0.272 e. The number of nitrogens with zero attached hydrogens (tertiary/aromatic N) is 1. The molecule has 2 N–H and O–H groups in total. The van der Waals surface area contributed by atoms with Crippen molar-refractivity contribution in [2.45, 2.75) is 0 Å². The van der Waals surface area contributed by atoms with Crippen molar-refractivity contribution in [1.29, 1.82) is 0 Å². The molecule has 0 unspecified atom stereocenters. The van der Waals surface area contributed by atoms with E-state index in [4.69, 9.17) is 14.2 Å². The van der Waals surface area contributed by atoms with E-state index >= 15 is 4.39 Å². The average molecular weight is 529 g/mol. The number of fused-ring (bicyclic) bond motifs is 1. The molecule has 5 aromatic rings. The summed E-state index contributed by atoms with van der Waals surface area (Å²) in [4.78, 5) is 32.1. The molecule has 39 heavy (non-hydrogen) atoms. The maximum atomic E-state index is 15.3. The molecular weight excluding hydrogens is 508 g/mol. The SMILES string of the molecule is COc1cc2nccc(Oc3ccc(-c4cc[nH]c(=O)c4NC(=O)c4ccc(F)cc4)cc3F)c2cc1OC. The minimum absolute atomic E-state index is 0.0669. The van der Waals surface area contributed by atoms with E-state index in [1.54, 1.807) is 24.3 Å². The number of halogens is 2. The molecule has 0 radical (unpaired) electrons. The molecule has 8 nitrogen and oxygen atoms in total. The smallest absolute Gasteiger partial charge is 0.272 e. The number of hydrogen-bond donors (Lipinski definition) is 2. The lowest BCUT2D eigenvalue weighted by Crippen LogP contribution is -2.20. The van der Waals surface area contributed by atoms with Crippen LogP contribution >= 0.6 is 0 Å². The Kier molecular flexibility index (Phi) is 6.92. The Bertz CT molecular complexity index is 1750. The Morgan fingerprint density at radius 3 is 2.33 bits per heavy atom. The van der Waals surface area contributed by atoms with Gasteiger partial charge >= 0.3 is 0 Å². The molecule has 10 heteroatoms. The van der Waals surface area contributed by atoms with Crippen LogP contribution in [0.25, 0.3) is 22.0 Å². The first-order valence-corrected chi connectivity index (χ1v) is 11.6. The molecule has 0 saturated carbocycles. The molecule has 0 atom stereocenters. The Morgan fingerprint density at radius 1 is 0.872 bits per heavy atom. The number of amides is 1. The van der Waals surface area contributed by atoms with Gasteiger partial charge in [0.2, 0.25) is 0 Å². The normalized spacial score (nSPS) is 10.8. The molecule has 1 amide bonds. The average Bonchev–Trinajstić information content (AvgIpc) is 2.94. The fourth-order valence-electron chi connectivity index (χ4n) is 4.04. The van der Waals surface area contributed by atoms with Gasteiger partial charge in [-0.2, -0.15) is 0 Å². The minimum atomic E-state index is -0.700. The van der Waals surface area contributed by atoms with Gasteiger partial charge < -0.3 is 24.5 Å². The van der Waals surface area contributed by atoms with Crippen LogP contribution in [0.15, 0.2) is 83.9 Å². The van der Waals surface area contributed by atoms with E-state index in [1.807, 2.05) is 0 Å². The van der Waals surface area contributed by atoms with Crippen LogP contribution in [0.4, 0.5) is 14.5 Å². The lowest BCUT2D eigenvalue weighted by molar-refractivity contribution is 0.102. The highest BCUT2D eigenvalue weighted by Gasteiger charge is 2.17. The number of methoxy groups -OCH3 is 2. The molecule has 0 fully saturated rings. The number of anilines is 1. The zero-order valence-corrected chi connectivity index (χ0v) is 20.7. The van der Waals surface area contributed by atoms with E-state index in [9.17, 15) is 14.0 Å². The van der Waals surface area contributed by atoms with Crippen LogP contribution in [0.2, 0.25) is 0 Å². The third-order valence-electron chi connectivity index (χ3n) is 5.98. The second-order valence-electron chi connectivity index (χ2n) is 8.34. The summed E-state index contributed by atoms with van der Waals surface area (Å²) in [5.41, 5.74) is 0.654. The number of pyridine rings is 2. The van der Waals surface area contributed by atoms with Crippen molar-refractivity contribution in [2.75, 3.05) is 19.5 Å². The molecule has 0 saturated heterocycles. The summed E-state index contributed by atoms with van der Waals surface area (Å²) in [5, 5.41) is 3.12. The largest absolute Gasteiger partial charge is 0.493 e. The van der Waals surface area contributed by atoms with Crippen molar-refractivity contribution in [1.82, 2.24) is 9.97 Å². The van der Waals surface area contributed by atoms with Crippen LogP contribution in [0.5, 0.6) is 23.0 Å². The van der Waals surface area contributed by atoms with Crippen molar-refractivity contribution in [2.24, 2.45) is 0 Å². The van der Waals surface area contributed by atoms with Crippen molar-refractivity contribution >= 4 is 22.5 Å². The van der Waals surface area contributed by atoms with E-state index in [0.29, 0.717) is 33.7 Å². The van der Waals surface area contributed by atoms with Crippen LogP contribution in [0.3, 0.4) is 0 Å². The molecule has 2 aromatic heterocycles. The zero-order chi connectivity index (χ0) is 27.5. The summed E-state index contributed by atoms with van der Waals surface area (Å²) >= 11 is 0. The molecule has 0 aliphatic rings. The van der Waals surface area contributed by atoms with E-state index in [1.165, 1.54) is 56.9 Å². The summed E-state index contributed by atoms with van der Waals surface area (Å²) in [5.74, 6) is -0.590. The second kappa shape index (κ2) is 10.6. The van der Waals surface area contributed by atoms with Crippen LogP contribution < -0.4 is 25.1 Å². The number of aromatic amines is 1. The van der Waals surface area contributed by atoms with Gasteiger partial charge in [0.25, 0.3) is 11.5 Å². The maximum absolute atomic E-state index is 15.3. The van der Waals surface area contributed by atoms with Gasteiger partial charge in [-0.15, -0.1) is 0 Å². The summed E-state index contributed by atoms with van der Waals surface area (Å²) in [6, 6.07) is 15.6. The predicted molar refractivity (Wildman–Crippen MR) is 142 cm³/mol. The number of carbonyl (C=O) groups excluding carboxylic acids is 1. The van der Waals surface area contributed by atoms with Crippen LogP contribution in [-0.2, 0) is 0 Å². The van der Waals surface area contributed by atoms with Crippen LogP contribution in [0.1, 0.15) is 10.4 Å². The summed E-state index contributed by atoms with van der Waals surface area (Å²) < 4.78 is 45.1. The van der Waals surface area contributed by atoms with Crippen molar-refractivity contribution in [3.63, 3.8) is 0 Å². The predicted octanol–water partition coefficient (Wildman–Crippen LogP) is 5.93. The Balaban J connectivity index is 1.47. The summed E-state index contributed by atoms with van der Waals surface area (Å²) in [7, 11) is 3.02. The fourth-order valence-corrected chi connectivity index (χ4v) is 4.04. The topological polar surface area (TPSA) is 103 Å². The fraction of sp³-hybridized carbons (Fsp3) is 0.0690. The minimum Gasteiger partial charge on any atom is -0.493 e. The third-order valence-corrected chi connectivity index (χ3v) is 5.98. The number of benzene rings is 3. The lowest BCUT2D eigenvalue weighted by Gasteiger charge is -2.14. The van der Waals surface area contributed by atoms with Gasteiger partial charge in [-0.1, -0.05) is 6.07 Å². The number of nitrogens with one attached hydrogen (secondary N) is 2. The quantitative estimate of drug-likeness (QED) is 0.271. The van der Waals surface area contributed by atoms with Gasteiger partial charge in [0, 0.05) is 35.0 Å². The highest BCUT2D eigenvalue weighted by atomic mass is 19.1. The molecule has 0 aliphatic heterocycles. The summed E-state index contributed by atoms with van der Waals surface area (Å²) in [6.45, 7) is 0. The molecule has 5 rings (SSSR count). The Morgan fingerprint density at radius 2 is 1.62 bits per heavy atom. The molecule has 0 aliphatic carbocycles. The molecule has 0 bridgehead atoms. The molecule has 3 aromatic carbocycles. The van der Waals surface area contributed by atoms with Gasteiger partial charge in [0.1, 0.15) is 17.3 Å². The molecule has 196 valence electrons. The van der Waals surface area contributed by atoms with E-state index < -0.39 is 23.1 Å². The first-order valence-electron chi connectivity index (χ1n) is 11.6. The van der Waals surface area contributed by atoms with Crippen molar-refractivity contribution < 1.29 is 27.8 Å². The van der Waals surface area contributed by atoms with Crippen LogP contribution in [0, 0.1) is 11.6 Å². The lowest BCUT2D eigenvalue weighted by atomic mass is 10.0.